The van der Waals surface area contributed by atoms with Crippen LogP contribution in [-0.4, -0.2) is 44.6 Å². The van der Waals surface area contributed by atoms with Crippen molar-refractivity contribution in [2.24, 2.45) is 0 Å². The first kappa shape index (κ1) is 16.6. The van der Waals surface area contributed by atoms with Gasteiger partial charge in [0, 0.05) is 0 Å². The summed E-state index contributed by atoms with van der Waals surface area (Å²) < 4.78 is 24.4. The second-order valence-electron chi connectivity index (χ2n) is 8.86. The van der Waals surface area contributed by atoms with Crippen molar-refractivity contribution in [3.63, 3.8) is 0 Å². The lowest BCUT2D eigenvalue weighted by Gasteiger charge is -2.36. The van der Waals surface area contributed by atoms with Gasteiger partial charge in [0.15, 0.2) is 14.1 Å². The number of hydrogen-bond donors (Lipinski definition) is 0. The SMILES string of the molecule is C[C@@H]1OC(C)(C)O[C@]12C=C(CO[Si](C)(C)C(C)(C)C)[C@H]1O[C@H]12. The van der Waals surface area contributed by atoms with Gasteiger partial charge in [-0.3, -0.25) is 0 Å². The molecule has 2 fully saturated rings. The van der Waals surface area contributed by atoms with Crippen LogP contribution in [0.3, 0.4) is 0 Å². The summed E-state index contributed by atoms with van der Waals surface area (Å²) in [5, 5.41) is 0.218. The molecule has 5 heteroatoms. The highest BCUT2D eigenvalue weighted by Crippen LogP contribution is 2.54. The average molecular weight is 327 g/mol. The number of hydrogen-bond acceptors (Lipinski definition) is 4. The van der Waals surface area contributed by atoms with Crippen LogP contribution >= 0.6 is 0 Å². The van der Waals surface area contributed by atoms with Crippen LogP contribution in [0.15, 0.2) is 11.6 Å². The third kappa shape index (κ3) is 2.51. The minimum absolute atomic E-state index is 0.00266. The van der Waals surface area contributed by atoms with E-state index in [0.717, 1.165) is 0 Å². The van der Waals surface area contributed by atoms with E-state index in [1.54, 1.807) is 0 Å². The van der Waals surface area contributed by atoms with Crippen LogP contribution in [0.5, 0.6) is 0 Å². The predicted molar refractivity (Wildman–Crippen MR) is 88.3 cm³/mol. The molecule has 0 aromatic rings. The smallest absolute Gasteiger partial charge is 0.192 e. The fourth-order valence-corrected chi connectivity index (χ4v) is 4.24. The van der Waals surface area contributed by atoms with E-state index in [2.05, 4.69) is 46.9 Å². The van der Waals surface area contributed by atoms with Gasteiger partial charge in [0.25, 0.3) is 0 Å². The van der Waals surface area contributed by atoms with E-state index in [0.29, 0.717) is 6.61 Å². The first-order valence-corrected chi connectivity index (χ1v) is 11.2. The molecule has 0 aromatic carbocycles. The monoisotopic (exact) mass is 326 g/mol. The molecule has 2 aliphatic heterocycles. The van der Waals surface area contributed by atoms with Gasteiger partial charge in [0.1, 0.15) is 17.8 Å². The first-order valence-electron chi connectivity index (χ1n) is 8.27. The Bertz CT molecular complexity index is 505. The molecule has 0 radical (unpaired) electrons. The topological polar surface area (TPSA) is 40.2 Å². The van der Waals surface area contributed by atoms with E-state index in [-0.39, 0.29) is 23.4 Å². The standard InChI is InChI=1S/C17H30O4Si/c1-11-17(21-16(5,6)20-11)9-12(13-14(17)19-13)10-18-22(7,8)15(2,3)4/h9,11,13-14H,10H2,1-8H3/t11-,13+,14+,17+/m0/s1. The van der Waals surface area contributed by atoms with Gasteiger partial charge < -0.3 is 18.6 Å². The Balaban J connectivity index is 1.74. The molecular formula is C17H30O4Si. The molecule has 3 aliphatic rings. The van der Waals surface area contributed by atoms with Crippen LogP contribution in [-0.2, 0) is 18.6 Å². The van der Waals surface area contributed by atoms with Crippen molar-refractivity contribution < 1.29 is 18.6 Å². The van der Waals surface area contributed by atoms with Crippen LogP contribution in [0.2, 0.25) is 18.1 Å². The minimum Gasteiger partial charge on any atom is -0.413 e. The summed E-state index contributed by atoms with van der Waals surface area (Å²) in [6.45, 7) is 18.0. The summed E-state index contributed by atoms with van der Waals surface area (Å²) in [5.41, 5.74) is 0.795. The van der Waals surface area contributed by atoms with E-state index >= 15 is 0 Å². The zero-order valence-electron chi connectivity index (χ0n) is 15.1. The fourth-order valence-electron chi connectivity index (χ4n) is 3.28. The number of ether oxygens (including phenoxy) is 3. The van der Waals surface area contributed by atoms with Crippen molar-refractivity contribution >= 4 is 8.32 Å². The third-order valence-corrected chi connectivity index (χ3v) is 10.1. The van der Waals surface area contributed by atoms with E-state index < -0.39 is 19.7 Å². The summed E-state index contributed by atoms with van der Waals surface area (Å²) in [6.07, 6.45) is 2.48. The molecule has 0 amide bonds. The molecule has 1 spiro atoms. The fraction of sp³-hybridized carbons (Fsp3) is 0.882. The molecule has 0 saturated carbocycles. The summed E-state index contributed by atoms with van der Waals surface area (Å²) >= 11 is 0. The lowest BCUT2D eigenvalue weighted by molar-refractivity contribution is -0.157. The Morgan fingerprint density at radius 2 is 1.91 bits per heavy atom. The Morgan fingerprint density at radius 1 is 1.27 bits per heavy atom. The van der Waals surface area contributed by atoms with Crippen LogP contribution in [0.1, 0.15) is 41.5 Å². The normalized spacial score (nSPS) is 40.0. The second-order valence-corrected chi connectivity index (χ2v) is 13.7. The molecule has 4 nitrogen and oxygen atoms in total. The van der Waals surface area contributed by atoms with Gasteiger partial charge in [0.2, 0.25) is 0 Å². The van der Waals surface area contributed by atoms with Gasteiger partial charge in [-0.2, -0.15) is 0 Å². The van der Waals surface area contributed by atoms with Gasteiger partial charge in [-0.15, -0.1) is 0 Å². The lowest BCUT2D eigenvalue weighted by atomic mass is 9.97. The van der Waals surface area contributed by atoms with Gasteiger partial charge in [-0.25, -0.2) is 0 Å². The highest BCUT2D eigenvalue weighted by atomic mass is 28.4. The molecule has 1 aliphatic carbocycles. The average Bonchev–Trinajstić information content (AvgIpc) is 3.01. The van der Waals surface area contributed by atoms with E-state index in [9.17, 15) is 0 Å². The van der Waals surface area contributed by atoms with Crippen LogP contribution in [0, 0.1) is 0 Å². The minimum atomic E-state index is -1.75. The van der Waals surface area contributed by atoms with Crippen LogP contribution in [0.4, 0.5) is 0 Å². The highest BCUT2D eigenvalue weighted by Gasteiger charge is 2.68. The van der Waals surface area contributed by atoms with E-state index in [1.807, 2.05) is 13.8 Å². The molecule has 2 heterocycles. The molecule has 0 unspecified atom stereocenters. The molecule has 22 heavy (non-hydrogen) atoms. The molecule has 0 bridgehead atoms. The Morgan fingerprint density at radius 3 is 2.41 bits per heavy atom. The Hall–Kier alpha value is -0.203. The highest BCUT2D eigenvalue weighted by molar-refractivity contribution is 6.74. The number of fused-ring (bicyclic) bond motifs is 2. The van der Waals surface area contributed by atoms with E-state index in [4.69, 9.17) is 18.6 Å². The van der Waals surface area contributed by atoms with Crippen LogP contribution in [0.25, 0.3) is 0 Å². The molecule has 3 rings (SSSR count). The summed E-state index contributed by atoms with van der Waals surface area (Å²) in [6, 6.07) is 0. The van der Waals surface area contributed by atoms with Crippen molar-refractivity contribution in [3.8, 4) is 0 Å². The summed E-state index contributed by atoms with van der Waals surface area (Å²) in [5.74, 6) is -0.553. The second kappa shape index (κ2) is 4.67. The number of epoxide rings is 1. The van der Waals surface area contributed by atoms with Crippen molar-refractivity contribution in [3.05, 3.63) is 11.6 Å². The maximum absolute atomic E-state index is 6.36. The summed E-state index contributed by atoms with van der Waals surface area (Å²) in [7, 11) is -1.75. The van der Waals surface area contributed by atoms with Gasteiger partial charge in [-0.05, 0) is 50.6 Å². The molecular weight excluding hydrogens is 296 g/mol. The third-order valence-electron chi connectivity index (χ3n) is 5.64. The zero-order valence-corrected chi connectivity index (χ0v) is 16.1. The predicted octanol–water partition coefficient (Wildman–Crippen LogP) is 3.63. The lowest BCUT2D eigenvalue weighted by Crippen LogP contribution is -2.41. The molecule has 0 aromatic heterocycles. The van der Waals surface area contributed by atoms with Crippen molar-refractivity contribution in [2.75, 3.05) is 6.61 Å². The first-order chi connectivity index (χ1) is 9.88. The maximum atomic E-state index is 6.36. The van der Waals surface area contributed by atoms with Gasteiger partial charge in [-0.1, -0.05) is 20.8 Å². The molecule has 4 atom stereocenters. The van der Waals surface area contributed by atoms with Crippen LogP contribution < -0.4 is 0 Å². The van der Waals surface area contributed by atoms with Crippen molar-refractivity contribution in [1.82, 2.24) is 0 Å². The molecule has 126 valence electrons. The maximum Gasteiger partial charge on any atom is 0.192 e. The van der Waals surface area contributed by atoms with Crippen molar-refractivity contribution in [2.45, 2.75) is 89.4 Å². The Labute approximate surface area is 135 Å². The largest absolute Gasteiger partial charge is 0.413 e. The number of rotatable bonds is 3. The molecule has 2 saturated heterocycles. The zero-order chi connectivity index (χ0) is 16.6. The Kier molecular flexibility index (Phi) is 3.53. The van der Waals surface area contributed by atoms with Crippen molar-refractivity contribution in [1.29, 1.82) is 0 Å². The van der Waals surface area contributed by atoms with E-state index in [1.165, 1.54) is 5.57 Å². The quantitative estimate of drug-likeness (QED) is 0.451. The van der Waals surface area contributed by atoms with Gasteiger partial charge in [0.05, 0.1) is 12.7 Å². The van der Waals surface area contributed by atoms with Gasteiger partial charge >= 0.3 is 0 Å². The molecule has 0 N–H and O–H groups in total. The summed E-state index contributed by atoms with van der Waals surface area (Å²) in [4.78, 5) is 0.